The molecule has 3 aromatic rings. The molecule has 0 unspecified atom stereocenters. The van der Waals surface area contributed by atoms with Gasteiger partial charge in [0, 0.05) is 17.4 Å². The first-order valence-electron chi connectivity index (χ1n) is 7.03. The van der Waals surface area contributed by atoms with E-state index >= 15 is 0 Å². The van der Waals surface area contributed by atoms with Gasteiger partial charge in [-0.3, -0.25) is 9.20 Å². The molecule has 0 fully saturated rings. The monoisotopic (exact) mass is 297 g/mol. The third kappa shape index (κ3) is 2.70. The Hall–Kier alpha value is -2.69. The van der Waals surface area contributed by atoms with Crippen molar-refractivity contribution < 1.29 is 4.39 Å². The molecule has 0 spiro atoms. The minimum absolute atomic E-state index is 0.101. The summed E-state index contributed by atoms with van der Waals surface area (Å²) in [7, 11) is 0. The highest BCUT2D eigenvalue weighted by Crippen LogP contribution is 2.16. The maximum absolute atomic E-state index is 13.1. The largest absolute Gasteiger partial charge is 0.379 e. The van der Waals surface area contributed by atoms with Crippen molar-refractivity contribution in [2.45, 2.75) is 20.4 Å². The molecule has 3 rings (SSSR count). The van der Waals surface area contributed by atoms with Crippen LogP contribution in [0.2, 0.25) is 0 Å². The molecular formula is C17H16FN3O. The first-order valence-corrected chi connectivity index (χ1v) is 7.03. The van der Waals surface area contributed by atoms with Gasteiger partial charge in [-0.25, -0.2) is 9.37 Å². The molecule has 0 radical (unpaired) electrons. The van der Waals surface area contributed by atoms with Gasteiger partial charge in [-0.15, -0.1) is 0 Å². The van der Waals surface area contributed by atoms with Crippen LogP contribution in [0, 0.1) is 19.7 Å². The molecule has 0 atom stereocenters. The summed E-state index contributed by atoms with van der Waals surface area (Å²) < 4.78 is 14.7. The SMILES string of the molecule is Cc1cc(F)ccc1NCc1cc(=O)n2c(C)cccc2n1. The molecule has 5 heteroatoms. The van der Waals surface area contributed by atoms with Crippen molar-refractivity contribution in [2.75, 3.05) is 5.32 Å². The number of hydrogen-bond donors (Lipinski definition) is 1. The Labute approximate surface area is 127 Å². The lowest BCUT2D eigenvalue weighted by molar-refractivity contribution is 0.627. The number of pyridine rings is 1. The summed E-state index contributed by atoms with van der Waals surface area (Å²) >= 11 is 0. The van der Waals surface area contributed by atoms with E-state index < -0.39 is 0 Å². The Morgan fingerprint density at radius 3 is 2.77 bits per heavy atom. The second-order valence-electron chi connectivity index (χ2n) is 5.26. The van der Waals surface area contributed by atoms with Gasteiger partial charge in [0.05, 0.1) is 12.2 Å². The summed E-state index contributed by atoms with van der Waals surface area (Å²) in [5, 5.41) is 3.19. The van der Waals surface area contributed by atoms with Gasteiger partial charge in [-0.1, -0.05) is 6.07 Å². The van der Waals surface area contributed by atoms with Gasteiger partial charge in [-0.2, -0.15) is 0 Å². The van der Waals surface area contributed by atoms with Gasteiger partial charge in [0.25, 0.3) is 5.56 Å². The van der Waals surface area contributed by atoms with Gasteiger partial charge in [0.1, 0.15) is 11.5 Å². The van der Waals surface area contributed by atoms with Crippen molar-refractivity contribution in [3.05, 3.63) is 75.6 Å². The molecule has 0 amide bonds. The summed E-state index contributed by atoms with van der Waals surface area (Å²) in [6.45, 7) is 4.11. The second kappa shape index (κ2) is 5.60. The number of halogens is 1. The Kier molecular flexibility index (Phi) is 3.63. The molecule has 1 N–H and O–H groups in total. The molecule has 0 aliphatic heterocycles. The molecule has 0 saturated carbocycles. The number of anilines is 1. The van der Waals surface area contributed by atoms with Crippen LogP contribution >= 0.6 is 0 Å². The van der Waals surface area contributed by atoms with E-state index in [0.717, 1.165) is 16.9 Å². The van der Waals surface area contributed by atoms with Crippen LogP contribution in [0.15, 0.2) is 47.3 Å². The van der Waals surface area contributed by atoms with Crippen LogP contribution in [-0.2, 0) is 6.54 Å². The maximum Gasteiger partial charge on any atom is 0.258 e. The number of fused-ring (bicyclic) bond motifs is 1. The van der Waals surface area contributed by atoms with Crippen LogP contribution in [-0.4, -0.2) is 9.38 Å². The van der Waals surface area contributed by atoms with Crippen LogP contribution in [0.1, 0.15) is 17.0 Å². The normalized spacial score (nSPS) is 10.9. The predicted octanol–water partition coefficient (Wildman–Crippen LogP) is 3.06. The lowest BCUT2D eigenvalue weighted by Gasteiger charge is -2.10. The maximum atomic E-state index is 13.1. The van der Waals surface area contributed by atoms with Crippen LogP contribution in [0.25, 0.3) is 5.65 Å². The smallest absolute Gasteiger partial charge is 0.258 e. The van der Waals surface area contributed by atoms with Crippen molar-refractivity contribution in [1.29, 1.82) is 0 Å². The summed E-state index contributed by atoms with van der Waals surface area (Å²) in [6, 6.07) is 11.6. The van der Waals surface area contributed by atoms with E-state index in [1.54, 1.807) is 16.5 Å². The van der Waals surface area contributed by atoms with Gasteiger partial charge < -0.3 is 5.32 Å². The van der Waals surface area contributed by atoms with Gasteiger partial charge >= 0.3 is 0 Å². The fraction of sp³-hybridized carbons (Fsp3) is 0.176. The highest BCUT2D eigenvalue weighted by molar-refractivity contribution is 5.51. The molecule has 0 saturated heterocycles. The highest BCUT2D eigenvalue weighted by atomic mass is 19.1. The van der Waals surface area contributed by atoms with Crippen molar-refractivity contribution in [2.24, 2.45) is 0 Å². The minimum atomic E-state index is -0.263. The average Bonchev–Trinajstić information content (AvgIpc) is 2.46. The minimum Gasteiger partial charge on any atom is -0.379 e. The summed E-state index contributed by atoms with van der Waals surface area (Å²) in [4.78, 5) is 16.7. The fourth-order valence-corrected chi connectivity index (χ4v) is 2.47. The number of nitrogens with zero attached hydrogens (tertiary/aromatic N) is 2. The summed E-state index contributed by atoms with van der Waals surface area (Å²) in [5.74, 6) is -0.263. The summed E-state index contributed by atoms with van der Waals surface area (Å²) in [6.07, 6.45) is 0. The molecule has 0 aliphatic rings. The van der Waals surface area contributed by atoms with Gasteiger partial charge in [-0.05, 0) is 49.7 Å². The standard InChI is InChI=1S/C17H16FN3O/c1-11-8-13(18)6-7-15(11)19-10-14-9-17(22)21-12(2)4-3-5-16(21)20-14/h3-9,19H,10H2,1-2H3. The quantitative estimate of drug-likeness (QED) is 0.808. The fourth-order valence-electron chi connectivity index (χ4n) is 2.47. The zero-order valence-corrected chi connectivity index (χ0v) is 12.4. The Morgan fingerprint density at radius 1 is 1.18 bits per heavy atom. The predicted molar refractivity (Wildman–Crippen MR) is 84.7 cm³/mol. The van der Waals surface area contributed by atoms with Gasteiger partial charge in [0.2, 0.25) is 0 Å². The molecule has 2 heterocycles. The third-order valence-corrected chi connectivity index (χ3v) is 3.58. The van der Waals surface area contributed by atoms with Crippen molar-refractivity contribution >= 4 is 11.3 Å². The second-order valence-corrected chi connectivity index (χ2v) is 5.26. The van der Waals surface area contributed by atoms with E-state index in [0.29, 0.717) is 17.9 Å². The number of rotatable bonds is 3. The topological polar surface area (TPSA) is 46.4 Å². The van der Waals surface area contributed by atoms with Gasteiger partial charge in [0.15, 0.2) is 0 Å². The van der Waals surface area contributed by atoms with E-state index in [1.807, 2.05) is 26.0 Å². The van der Waals surface area contributed by atoms with Crippen molar-refractivity contribution in [1.82, 2.24) is 9.38 Å². The average molecular weight is 297 g/mol. The molecule has 2 aromatic heterocycles. The molecule has 112 valence electrons. The zero-order valence-electron chi connectivity index (χ0n) is 12.4. The van der Waals surface area contributed by atoms with E-state index in [1.165, 1.54) is 18.2 Å². The van der Waals surface area contributed by atoms with E-state index in [4.69, 9.17) is 0 Å². The van der Waals surface area contributed by atoms with Crippen LogP contribution in [0.5, 0.6) is 0 Å². The van der Waals surface area contributed by atoms with Crippen molar-refractivity contribution in [3.63, 3.8) is 0 Å². The Morgan fingerprint density at radius 2 is 2.00 bits per heavy atom. The molecule has 1 aromatic carbocycles. The van der Waals surface area contributed by atoms with Crippen LogP contribution in [0.3, 0.4) is 0 Å². The Bertz CT molecular complexity index is 902. The molecule has 0 aliphatic carbocycles. The molecule has 22 heavy (non-hydrogen) atoms. The molecular weight excluding hydrogens is 281 g/mol. The highest BCUT2D eigenvalue weighted by Gasteiger charge is 2.05. The number of benzene rings is 1. The van der Waals surface area contributed by atoms with E-state index in [9.17, 15) is 9.18 Å². The van der Waals surface area contributed by atoms with E-state index in [-0.39, 0.29) is 11.4 Å². The number of aromatic nitrogens is 2. The Balaban J connectivity index is 1.90. The lowest BCUT2D eigenvalue weighted by atomic mass is 10.2. The molecule has 4 nitrogen and oxygen atoms in total. The third-order valence-electron chi connectivity index (χ3n) is 3.58. The van der Waals surface area contributed by atoms with E-state index in [2.05, 4.69) is 10.3 Å². The molecule has 0 bridgehead atoms. The first kappa shape index (κ1) is 14.3. The first-order chi connectivity index (χ1) is 10.5. The number of hydrogen-bond acceptors (Lipinski definition) is 3. The zero-order chi connectivity index (χ0) is 15.7. The van der Waals surface area contributed by atoms with Crippen LogP contribution < -0.4 is 10.9 Å². The lowest BCUT2D eigenvalue weighted by Crippen LogP contribution is -2.18. The van der Waals surface area contributed by atoms with Crippen LogP contribution in [0.4, 0.5) is 10.1 Å². The number of nitrogens with one attached hydrogen (secondary N) is 1. The van der Waals surface area contributed by atoms with Crippen molar-refractivity contribution in [3.8, 4) is 0 Å². The number of aryl methyl sites for hydroxylation is 2. The summed E-state index contributed by atoms with van der Waals surface area (Å²) in [5.41, 5.74) is 3.67.